The molecule has 1 unspecified atom stereocenters. The summed E-state index contributed by atoms with van der Waals surface area (Å²) in [5.74, 6) is -16.2. The van der Waals surface area contributed by atoms with Crippen LogP contribution in [-0.2, 0) is 86.4 Å². The summed E-state index contributed by atoms with van der Waals surface area (Å²) in [6.07, 6.45) is -1.36. The highest BCUT2D eigenvalue weighted by Crippen LogP contribution is 2.26. The van der Waals surface area contributed by atoms with Gasteiger partial charge in [0, 0.05) is 99.2 Å². The van der Waals surface area contributed by atoms with Gasteiger partial charge in [-0.3, -0.25) is 72.5 Å². The van der Waals surface area contributed by atoms with Crippen LogP contribution in [0.1, 0.15) is 95.2 Å². The van der Waals surface area contributed by atoms with Crippen molar-refractivity contribution in [2.45, 2.75) is 158 Å². The normalized spacial score (nSPS) is 22.4. The van der Waals surface area contributed by atoms with E-state index < -0.39 is 205 Å². The summed E-state index contributed by atoms with van der Waals surface area (Å²) in [6.45, 7) is 4.54. The molecule has 37 heteroatoms. The lowest BCUT2D eigenvalue weighted by Gasteiger charge is -2.30. The minimum atomic E-state index is -1.75. The van der Waals surface area contributed by atoms with Crippen LogP contribution in [0.15, 0.2) is 79.0 Å². The number of nitrogens with zero attached hydrogens (tertiary/aromatic N) is 1. The summed E-state index contributed by atoms with van der Waals surface area (Å²) in [5.41, 5.74) is 24.6. The summed E-state index contributed by atoms with van der Waals surface area (Å²) in [5, 5.41) is 67.1. The lowest BCUT2D eigenvalue weighted by Crippen LogP contribution is -2.61. The number of carbonyl (C=O) groups is 14. The predicted octanol–water partition coefficient (Wildman–Crippen LogP) is -3.01. The summed E-state index contributed by atoms with van der Waals surface area (Å²) >= 11 is 0. The molecule has 6 rings (SSSR count). The van der Waals surface area contributed by atoms with Gasteiger partial charge in [-0.25, -0.2) is 0 Å². The lowest BCUT2D eigenvalue weighted by molar-refractivity contribution is -0.142. The number of phenolic OH excluding ortho intramolecular Hbond substituents is 2. The number of amides is 13. The Labute approximate surface area is 612 Å². The van der Waals surface area contributed by atoms with E-state index in [9.17, 15) is 77.6 Å². The molecule has 0 radical (unpaired) electrons. The number of hydrogen-bond donors (Lipinski definition) is 20. The third-order valence-electron chi connectivity index (χ3n) is 17.3. The highest BCUT2D eigenvalue weighted by atomic mass is 33.1. The number of aromatic nitrogens is 1. The van der Waals surface area contributed by atoms with Gasteiger partial charge in [0.2, 0.25) is 76.8 Å². The first kappa shape index (κ1) is 83.3. The number of hydrogen-bond acceptors (Lipinski definition) is 20. The fourth-order valence-electron chi connectivity index (χ4n) is 11.4. The molecule has 4 aromatic rings. The number of aromatic amines is 1. The summed E-state index contributed by atoms with van der Waals surface area (Å²) in [6, 6.07) is 2.89. The van der Waals surface area contributed by atoms with E-state index in [2.05, 4.69) is 63.5 Å². The number of H-pyrrole nitrogens is 1. The minimum Gasteiger partial charge on any atom is -0.508 e. The number of carboxylic acids is 1. The van der Waals surface area contributed by atoms with Crippen LogP contribution in [0.25, 0.3) is 10.9 Å². The molecule has 35 nitrogen and oxygen atoms in total. The van der Waals surface area contributed by atoms with Gasteiger partial charge in [0.05, 0.1) is 0 Å². The van der Waals surface area contributed by atoms with Crippen LogP contribution in [0.4, 0.5) is 0 Å². The average molecular weight is 1500 g/mol. The van der Waals surface area contributed by atoms with Gasteiger partial charge in [0.15, 0.2) is 5.96 Å². The molecule has 0 bridgehead atoms. The van der Waals surface area contributed by atoms with Crippen molar-refractivity contribution in [1.29, 1.82) is 5.41 Å². The van der Waals surface area contributed by atoms with Gasteiger partial charge >= 0.3 is 5.97 Å². The molecular formula is C68H94N18O17S2. The largest absolute Gasteiger partial charge is 0.508 e. The first-order valence-electron chi connectivity index (χ1n) is 34.1. The number of guanidine groups is 1. The van der Waals surface area contributed by atoms with Crippen molar-refractivity contribution in [2.24, 2.45) is 34.8 Å². The molecule has 0 spiro atoms. The van der Waals surface area contributed by atoms with Gasteiger partial charge in [-0.15, -0.1) is 0 Å². The van der Waals surface area contributed by atoms with Gasteiger partial charge in [0.1, 0.15) is 71.9 Å². The van der Waals surface area contributed by atoms with Gasteiger partial charge in [-0.1, -0.05) is 84.8 Å². The van der Waals surface area contributed by atoms with E-state index in [1.807, 2.05) is 0 Å². The number of aliphatic carboxylic acids is 1. The van der Waals surface area contributed by atoms with E-state index in [-0.39, 0.29) is 75.6 Å². The van der Waals surface area contributed by atoms with E-state index in [4.69, 9.17) is 28.3 Å². The zero-order valence-corrected chi connectivity index (χ0v) is 59.9. The zero-order chi connectivity index (χ0) is 77.0. The number of rotatable bonds is 24. The number of carbonyl (C=O) groups excluding carboxylic acids is 13. The Balaban J connectivity index is 1.41. The van der Waals surface area contributed by atoms with Gasteiger partial charge in [0.25, 0.3) is 0 Å². The highest BCUT2D eigenvalue weighted by molar-refractivity contribution is 8.76. The molecule has 2 aliphatic heterocycles. The van der Waals surface area contributed by atoms with E-state index >= 15 is 4.79 Å². The first-order valence-corrected chi connectivity index (χ1v) is 36.6. The van der Waals surface area contributed by atoms with Crippen LogP contribution in [0.2, 0.25) is 0 Å². The molecule has 570 valence electrons. The minimum absolute atomic E-state index is 0.00761. The number of nitrogens with one attached hydrogen (secondary N) is 13. The van der Waals surface area contributed by atoms with Crippen LogP contribution in [0, 0.1) is 17.2 Å². The maximum Gasteiger partial charge on any atom is 0.303 e. The molecule has 2 aliphatic rings. The van der Waals surface area contributed by atoms with Crippen molar-refractivity contribution in [3.05, 3.63) is 95.7 Å². The van der Waals surface area contributed by atoms with Gasteiger partial charge in [-0.2, -0.15) is 0 Å². The second kappa shape index (κ2) is 41.0. The molecule has 105 heavy (non-hydrogen) atoms. The van der Waals surface area contributed by atoms with Crippen LogP contribution in [-0.4, -0.2) is 212 Å². The predicted molar refractivity (Wildman–Crippen MR) is 387 cm³/mol. The molecule has 0 aliphatic carbocycles. The molecule has 3 heterocycles. The van der Waals surface area contributed by atoms with E-state index in [1.54, 1.807) is 51.2 Å². The van der Waals surface area contributed by atoms with Crippen LogP contribution < -0.4 is 81.4 Å². The van der Waals surface area contributed by atoms with Crippen molar-refractivity contribution >= 4 is 121 Å². The molecule has 24 N–H and O–H groups in total. The summed E-state index contributed by atoms with van der Waals surface area (Å²) in [7, 11) is 1.69. The molecule has 1 aromatic heterocycles. The summed E-state index contributed by atoms with van der Waals surface area (Å²) < 4.78 is 0. The van der Waals surface area contributed by atoms with Crippen LogP contribution >= 0.6 is 21.6 Å². The molecule has 2 saturated heterocycles. The molecule has 13 amide bonds. The number of nitrogens with two attached hydrogens (primary N) is 4. The standard InChI is InChI=1S/C68H94N18O17S2/c1-35(2)56-66(102)82-48(29-38-14-18-41(88)19-15-38)61(97)78-44(10-6-25-75-68(72)73)58(94)74-26-24-54(90)77-45(20-22-53(70)89)59(95)80-49(30-39-32-76-43-9-5-4-8-42(39)43)63(99)79-46(21-23-55(91)92)60(96)83-50(57(71)93)33-104-105-34-51(64(100)85-56)84-62(98)47(28-37-12-16-40(87)17-13-37)81-65(101)52-11-7-27-86(52)67(103)36(3)31-69/h4-5,8-9,12-19,32,35-36,44-52,56,76,87-88H,6-7,10-11,20-31,33-34,69H2,1-3H3,(H2,70,89)(H2,71,93)(H,74,94)(H,77,90)(H,78,97)(H,79,99)(H,80,95)(H,81,101)(H,82,102)(H,83,96)(H,84,98)(H,85,100)(H,91,92)(H4,72,73,75)/t36?,44-,45-,46-,47-,48-,49-,50+,51-,52-,56-/m0/s1. The molecule has 3 aromatic carbocycles. The summed E-state index contributed by atoms with van der Waals surface area (Å²) in [4.78, 5) is 201. The Bertz CT molecular complexity index is 3770. The maximum atomic E-state index is 15.1. The Morgan fingerprint density at radius 3 is 1.88 bits per heavy atom. The number of para-hydroxylation sites is 1. The Hall–Kier alpha value is -10.7. The molecule has 0 saturated carbocycles. The number of primary amides is 2. The van der Waals surface area contributed by atoms with Crippen molar-refractivity contribution < 1.29 is 82.4 Å². The third kappa shape index (κ3) is 26.5. The SMILES string of the molecule is CC(CN)C(=O)N1CCC[C@H]1C(=O)N[C@@H](Cc1ccc(O)cc1)C(=O)N[C@H]1CSSC[C@H](C(N)=O)NC(=O)[C@H](CCC(=O)O)NC(=O)[C@H](Cc2c[nH]c3ccccc23)NC(=O)[C@H](CCC(N)=O)NC(=O)CCNC(=O)[C@H](CCCNC(=N)N)NC(=O)[C@H](Cc2ccc(O)cc2)NC(=O)[C@H](C(C)C)NC1=O. The van der Waals surface area contributed by atoms with Crippen molar-refractivity contribution in [3.8, 4) is 11.5 Å². The van der Waals surface area contributed by atoms with E-state index in [1.165, 1.54) is 53.4 Å². The first-order chi connectivity index (χ1) is 49.9. The molecule has 2 fully saturated rings. The Morgan fingerprint density at radius 2 is 1.25 bits per heavy atom. The molecule has 11 atom stereocenters. The molecular weight excluding hydrogens is 1400 g/mol. The smallest absolute Gasteiger partial charge is 0.303 e. The van der Waals surface area contributed by atoms with Gasteiger partial charge in [-0.05, 0) is 91.5 Å². The third-order valence-corrected chi connectivity index (χ3v) is 19.8. The van der Waals surface area contributed by atoms with Gasteiger partial charge < -0.3 is 107 Å². The fourth-order valence-corrected chi connectivity index (χ4v) is 13.8. The topological polar surface area (TPSA) is 579 Å². The fraction of sp³-hybridized carbons (Fsp3) is 0.485. The number of aromatic hydroxyl groups is 2. The maximum absolute atomic E-state index is 15.1. The van der Waals surface area contributed by atoms with Crippen molar-refractivity contribution in [3.63, 3.8) is 0 Å². The second-order valence-electron chi connectivity index (χ2n) is 25.8. The van der Waals surface area contributed by atoms with E-state index in [0.717, 1.165) is 21.6 Å². The number of benzene rings is 3. The Morgan fingerprint density at radius 1 is 0.667 bits per heavy atom. The van der Waals surface area contributed by atoms with Crippen LogP contribution in [0.5, 0.6) is 11.5 Å². The second-order valence-corrected chi connectivity index (χ2v) is 28.4. The number of carboxylic acid groups (broad SMARTS) is 1. The van der Waals surface area contributed by atoms with Crippen molar-refractivity contribution in [1.82, 2.24) is 68.4 Å². The average Bonchev–Trinajstić information content (AvgIpc) is 1.73. The number of phenols is 2. The highest BCUT2D eigenvalue weighted by Gasteiger charge is 2.40. The zero-order valence-electron chi connectivity index (χ0n) is 58.3. The number of fused-ring (bicyclic) bond motifs is 1. The monoisotopic (exact) mass is 1500 g/mol. The van der Waals surface area contributed by atoms with E-state index in [0.29, 0.717) is 34.0 Å². The quantitative estimate of drug-likeness (QED) is 0.0144. The lowest BCUT2D eigenvalue weighted by atomic mass is 10.00. The number of likely N-dealkylation sites (tertiary alicyclic amines) is 1. The Kier molecular flexibility index (Phi) is 32.5. The van der Waals surface area contributed by atoms with Crippen LogP contribution in [0.3, 0.4) is 0 Å². The van der Waals surface area contributed by atoms with Crippen molar-refractivity contribution in [2.75, 3.05) is 37.7 Å².